The fraction of sp³-hybridized carbons (Fsp3) is 1.00. The summed E-state index contributed by atoms with van der Waals surface area (Å²) in [6, 6.07) is 0. The van der Waals surface area contributed by atoms with Crippen molar-refractivity contribution in [1.82, 2.24) is 0 Å². The molecule has 0 saturated carbocycles. The number of alkyl halides is 24. The van der Waals surface area contributed by atoms with Crippen LogP contribution < -0.4 is 0 Å². The molecule has 0 N–H and O–H groups in total. The Hall–Kier alpha value is -1.64. The average molecular weight is 670 g/mol. The quantitative estimate of drug-likeness (QED) is 0.129. The van der Waals surface area contributed by atoms with Crippen molar-refractivity contribution in [3.05, 3.63) is 0 Å². The lowest BCUT2D eigenvalue weighted by molar-refractivity contribution is -0.473. The van der Waals surface area contributed by atoms with Gasteiger partial charge in [0.15, 0.2) is 0 Å². The summed E-state index contributed by atoms with van der Waals surface area (Å²) in [6.07, 6.45) is -15.4. The summed E-state index contributed by atoms with van der Waals surface area (Å²) < 4.78 is 335. The van der Waals surface area contributed by atoms with Crippen molar-refractivity contribution >= 4 is 8.99 Å². The molecule has 0 unspecified atom stereocenters. The molecular formula is C11F26OSi. The fourth-order valence-electron chi connectivity index (χ4n) is 1.95. The zero-order valence-corrected chi connectivity index (χ0v) is 17.2. The molecule has 0 aliphatic heterocycles. The van der Waals surface area contributed by atoms with Crippen LogP contribution in [0.3, 0.4) is 0 Å². The first-order chi connectivity index (χ1) is 16.2. The molecule has 0 radical (unpaired) electrons. The van der Waals surface area contributed by atoms with Crippen LogP contribution in [0, 0.1) is 0 Å². The van der Waals surface area contributed by atoms with Gasteiger partial charge in [0.1, 0.15) is 0 Å². The van der Waals surface area contributed by atoms with Crippen molar-refractivity contribution in [1.29, 1.82) is 0 Å². The first-order valence-corrected chi connectivity index (χ1v) is 9.49. The zero-order chi connectivity index (χ0) is 32.7. The maximum absolute atomic E-state index is 13.4. The maximum atomic E-state index is 13.4. The summed E-state index contributed by atoms with van der Waals surface area (Å²) in [5, 5.41) is 0. The Morgan fingerprint density at radius 3 is 0.718 bits per heavy atom. The third kappa shape index (κ3) is 4.82. The van der Waals surface area contributed by atoms with Crippen LogP contribution in [-0.4, -0.2) is 74.4 Å². The Morgan fingerprint density at radius 2 is 0.513 bits per heavy atom. The van der Waals surface area contributed by atoms with Crippen LogP contribution in [0.2, 0.25) is 0 Å². The Kier molecular flexibility index (Phi) is 8.55. The Morgan fingerprint density at radius 1 is 0.308 bits per heavy atom. The summed E-state index contributed by atoms with van der Waals surface area (Å²) >= 11 is 0. The molecule has 0 bridgehead atoms. The molecule has 0 fully saturated rings. The lowest BCUT2D eigenvalue weighted by atomic mass is 9.87. The molecule has 0 heterocycles. The highest BCUT2D eigenvalue weighted by Crippen LogP contribution is 2.66. The van der Waals surface area contributed by atoms with Gasteiger partial charge in [-0.25, -0.2) is 8.22 Å². The van der Waals surface area contributed by atoms with Gasteiger partial charge in [0.25, 0.3) is 0 Å². The zero-order valence-electron chi connectivity index (χ0n) is 16.2. The molecule has 28 heteroatoms. The molecule has 0 aromatic carbocycles. The third-order valence-corrected chi connectivity index (χ3v) is 5.65. The molecule has 0 amide bonds. The number of rotatable bonds is 10. The van der Waals surface area contributed by atoms with Gasteiger partial charge < -0.3 is 0 Å². The summed E-state index contributed by atoms with van der Waals surface area (Å²) in [7, 11) is -10.1. The van der Waals surface area contributed by atoms with E-state index in [4.69, 9.17) is 0 Å². The molecule has 0 aromatic heterocycles. The van der Waals surface area contributed by atoms with E-state index in [1.807, 2.05) is 0 Å². The van der Waals surface area contributed by atoms with E-state index in [1.54, 1.807) is 0 Å². The van der Waals surface area contributed by atoms with Gasteiger partial charge in [0.05, 0.1) is 0 Å². The predicted molar refractivity (Wildman–Crippen MR) is 65.7 cm³/mol. The Labute approximate surface area is 194 Å². The standard InChI is InChI=1S/C11F26OSi/c12-1(13,3(16,17)5(20,21)7(24,25)9(28,29)30)2(14,15)4(18,19)6(22,23)8(26,27)10(31,32)39(36,37)38-11(33,34)35. The smallest absolute Gasteiger partial charge is 0.274 e. The van der Waals surface area contributed by atoms with Crippen molar-refractivity contribution < 1.29 is 118 Å². The lowest BCUT2D eigenvalue weighted by Gasteiger charge is -2.44. The van der Waals surface area contributed by atoms with Crippen molar-refractivity contribution in [2.75, 3.05) is 0 Å². The fourth-order valence-corrected chi connectivity index (χ4v) is 2.89. The molecule has 0 aromatic rings. The van der Waals surface area contributed by atoms with Gasteiger partial charge in [-0.15, -0.1) is 13.2 Å². The van der Waals surface area contributed by atoms with E-state index in [-0.39, 0.29) is 0 Å². The van der Waals surface area contributed by atoms with Crippen molar-refractivity contribution in [2.24, 2.45) is 0 Å². The topological polar surface area (TPSA) is 9.23 Å². The maximum Gasteiger partial charge on any atom is 0.664 e. The van der Waals surface area contributed by atoms with Gasteiger partial charge in [0, 0.05) is 0 Å². The molecule has 0 spiro atoms. The average Bonchev–Trinajstić information content (AvgIpc) is 2.63. The Balaban J connectivity index is 7.21. The van der Waals surface area contributed by atoms with Gasteiger partial charge in [-0.2, -0.15) is 92.2 Å². The lowest BCUT2D eigenvalue weighted by Crippen LogP contribution is -2.78. The molecule has 0 aliphatic rings. The van der Waals surface area contributed by atoms with Gasteiger partial charge in [-0.05, 0) is 0 Å². The minimum absolute atomic E-state index is 1.06. The Bertz CT molecular complexity index is 891. The van der Waals surface area contributed by atoms with Crippen LogP contribution in [-0.2, 0) is 4.43 Å². The van der Waals surface area contributed by atoms with Gasteiger partial charge in [-0.1, -0.05) is 0 Å². The van der Waals surface area contributed by atoms with Crippen LogP contribution in [0.15, 0.2) is 0 Å². The minimum atomic E-state index is -10.1. The second kappa shape index (κ2) is 8.93. The van der Waals surface area contributed by atoms with Gasteiger partial charge in [-0.3, -0.25) is 4.43 Å². The minimum Gasteiger partial charge on any atom is -0.274 e. The van der Waals surface area contributed by atoms with E-state index in [0.717, 1.165) is 4.43 Å². The second-order valence-corrected chi connectivity index (χ2v) is 8.60. The number of hydrogen-bond acceptors (Lipinski definition) is 1. The van der Waals surface area contributed by atoms with Crippen LogP contribution in [0.5, 0.6) is 0 Å². The van der Waals surface area contributed by atoms with E-state index in [9.17, 15) is 114 Å². The SMILES string of the molecule is FC(F)(F)O[Si](F)(F)C(F)(F)C(F)(F)C(F)(F)C(F)(F)C(F)(F)C(F)(F)C(F)(F)C(F)(F)C(F)(F)C(F)(F)F. The van der Waals surface area contributed by atoms with Crippen LogP contribution in [0.4, 0.5) is 114 Å². The molecular weight excluding hydrogens is 670 g/mol. The number of halogens is 26. The number of hydrogen-bond donors (Lipinski definition) is 0. The summed E-state index contributed by atoms with van der Waals surface area (Å²) in [5.41, 5.74) is -8.76. The molecule has 0 saturated heterocycles. The summed E-state index contributed by atoms with van der Waals surface area (Å²) in [4.78, 5) is 0. The molecule has 0 aliphatic carbocycles. The highest BCUT2D eigenvalue weighted by atomic mass is 28.4. The normalized spacial score (nSPS) is 17.1. The molecule has 1 nitrogen and oxygen atoms in total. The predicted octanol–water partition coefficient (Wildman–Crippen LogP) is 8.22. The van der Waals surface area contributed by atoms with E-state index < -0.39 is 74.4 Å². The van der Waals surface area contributed by atoms with Crippen LogP contribution in [0.25, 0.3) is 0 Å². The van der Waals surface area contributed by atoms with E-state index in [2.05, 4.69) is 0 Å². The summed E-state index contributed by atoms with van der Waals surface area (Å²) in [5.74, 6) is -74.6. The monoisotopic (exact) mass is 670 g/mol. The van der Waals surface area contributed by atoms with Gasteiger partial charge in [0.2, 0.25) is 0 Å². The summed E-state index contributed by atoms with van der Waals surface area (Å²) in [6.45, 7) is 0. The molecule has 236 valence electrons. The highest BCUT2D eigenvalue weighted by molar-refractivity contribution is 6.62. The highest BCUT2D eigenvalue weighted by Gasteiger charge is 2.99. The molecule has 0 atom stereocenters. The largest absolute Gasteiger partial charge is 0.664 e. The first-order valence-electron chi connectivity index (χ1n) is 7.82. The van der Waals surface area contributed by atoms with E-state index in [0.29, 0.717) is 0 Å². The first kappa shape index (κ1) is 37.4. The van der Waals surface area contributed by atoms with Crippen LogP contribution >= 0.6 is 0 Å². The van der Waals surface area contributed by atoms with E-state index >= 15 is 0 Å². The van der Waals surface area contributed by atoms with Crippen molar-refractivity contribution in [2.45, 2.75) is 65.5 Å². The second-order valence-electron chi connectivity index (χ2n) is 6.73. The van der Waals surface area contributed by atoms with Crippen LogP contribution in [0.1, 0.15) is 0 Å². The van der Waals surface area contributed by atoms with Crippen molar-refractivity contribution in [3.63, 3.8) is 0 Å². The van der Waals surface area contributed by atoms with E-state index in [1.165, 1.54) is 0 Å². The van der Waals surface area contributed by atoms with Crippen molar-refractivity contribution in [3.8, 4) is 0 Å². The third-order valence-electron chi connectivity index (χ3n) is 4.12. The molecule has 39 heavy (non-hydrogen) atoms. The van der Waals surface area contributed by atoms with Gasteiger partial charge >= 0.3 is 74.4 Å². The molecule has 0 rings (SSSR count).